The normalized spacial score (nSPS) is 10.3. The molecule has 0 amide bonds. The van der Waals surface area contributed by atoms with Gasteiger partial charge in [0.2, 0.25) is 0 Å². The van der Waals surface area contributed by atoms with Gasteiger partial charge in [0.05, 0.1) is 13.2 Å². The lowest BCUT2D eigenvalue weighted by molar-refractivity contribution is -0.144. The average molecular weight is 1040 g/mol. The number of benzene rings is 1. The largest absolute Gasteiger partial charge is 0.466 e. The second kappa shape index (κ2) is 89.0. The van der Waals surface area contributed by atoms with Gasteiger partial charge in [-0.15, -0.1) is 0 Å². The van der Waals surface area contributed by atoms with E-state index in [0.717, 1.165) is 52.1 Å². The minimum Gasteiger partial charge on any atom is -0.466 e. The van der Waals surface area contributed by atoms with Crippen LogP contribution in [0.15, 0.2) is 30.3 Å². The first-order chi connectivity index (χ1) is 35.1. The van der Waals surface area contributed by atoms with Gasteiger partial charge in [0.1, 0.15) is 11.6 Å². The maximum Gasteiger partial charge on any atom is 0.305 e. The summed E-state index contributed by atoms with van der Waals surface area (Å²) in [6, 6.07) is 10.3. The lowest BCUT2D eigenvalue weighted by atomic mass is 10.2. The number of ether oxygens (including phenoxy) is 4. The summed E-state index contributed by atoms with van der Waals surface area (Å²) in [5.41, 5.74) is 1.32. The minimum atomic E-state index is -0.211. The molecule has 1 aliphatic heterocycles. The van der Waals surface area contributed by atoms with Crippen molar-refractivity contribution < 1.29 is 38.1 Å². The van der Waals surface area contributed by atoms with Gasteiger partial charge in [-0.2, -0.15) is 0 Å². The molecule has 1 fully saturated rings. The highest BCUT2D eigenvalue weighted by Gasteiger charge is 2.02. The summed E-state index contributed by atoms with van der Waals surface area (Å²) in [7, 11) is 0. The fourth-order valence-corrected chi connectivity index (χ4v) is 5.22. The standard InChI is InChI=1S/C12H27N.C9H18O2.C8H18O.C7H8.C7H16.C6H14.C4H8O2.2C4H8O.C3H6O/c1-4-7-10-13(11-8-5-2)12-9-6-3;1-3-5-7-9(10)11-8-6-4-2;1-3-5-7-9-8-6-4-2;1-7-5-3-2-4-6-7;1-3-5-7-6-4-2;1-3-5-6-4-2;1-3-6-4(2)5;1-2-4-5-3-1;1-3-4(2)5;1-3(2)4/h4-12H2,1-3H3;3-8H2,1-2H3;3-8H2,1-2H3;2-6H,1H3;3-7H2,1-2H3;3-6H2,1-2H3;3H2,1-2H3;1-4H2;3H2,1-2H3;1-2H3. The molecule has 1 heterocycles. The molecule has 1 aromatic rings. The van der Waals surface area contributed by atoms with Crippen LogP contribution in [-0.4, -0.2) is 87.7 Å². The van der Waals surface area contributed by atoms with Crippen LogP contribution in [0.1, 0.15) is 297 Å². The molecular weight excluding hydrogens is 911 g/mol. The topological polar surface area (TPSA) is 108 Å². The van der Waals surface area contributed by atoms with E-state index in [2.05, 4.69) is 105 Å². The number of nitrogens with zero attached hydrogens (tertiary/aromatic N) is 1. The number of carbonyl (C=O) groups is 4. The highest BCUT2D eigenvalue weighted by molar-refractivity contribution is 5.74. The molecule has 0 unspecified atom stereocenters. The predicted molar refractivity (Wildman–Crippen MR) is 322 cm³/mol. The van der Waals surface area contributed by atoms with Crippen LogP contribution in [-0.2, 0) is 38.1 Å². The Morgan fingerprint density at radius 3 is 1.05 bits per heavy atom. The first-order valence-corrected chi connectivity index (χ1v) is 30.2. The molecule has 0 radical (unpaired) electrons. The Balaban J connectivity index is -0.000000109. The average Bonchev–Trinajstić information content (AvgIpc) is 3.98. The van der Waals surface area contributed by atoms with Gasteiger partial charge in [-0.1, -0.05) is 222 Å². The fourth-order valence-electron chi connectivity index (χ4n) is 5.22. The van der Waals surface area contributed by atoms with E-state index < -0.39 is 0 Å². The molecule has 9 heteroatoms. The maximum absolute atomic E-state index is 10.9. The smallest absolute Gasteiger partial charge is 0.305 e. The zero-order valence-electron chi connectivity index (χ0n) is 52.6. The number of hydrogen-bond donors (Lipinski definition) is 0. The summed E-state index contributed by atoms with van der Waals surface area (Å²) in [5, 5.41) is 0. The lowest BCUT2D eigenvalue weighted by Gasteiger charge is -2.21. The van der Waals surface area contributed by atoms with Crippen LogP contribution in [0.25, 0.3) is 0 Å². The van der Waals surface area contributed by atoms with E-state index in [9.17, 15) is 19.2 Å². The maximum atomic E-state index is 10.9. The number of rotatable bonds is 30. The second-order valence-electron chi connectivity index (χ2n) is 18.5. The Labute approximate surface area is 458 Å². The molecule has 1 aliphatic rings. The van der Waals surface area contributed by atoms with Crippen LogP contribution in [0.4, 0.5) is 0 Å². The lowest BCUT2D eigenvalue weighted by Crippen LogP contribution is -2.27. The zero-order valence-corrected chi connectivity index (χ0v) is 52.6. The Bertz CT molecular complexity index is 1050. The first-order valence-electron chi connectivity index (χ1n) is 30.2. The molecule has 0 bridgehead atoms. The van der Waals surface area contributed by atoms with Crippen molar-refractivity contribution in [2.75, 3.05) is 59.3 Å². The molecule has 0 saturated carbocycles. The number of Topliss-reactive ketones (excluding diaryl/α,β-unsaturated/α-hetero) is 2. The summed E-state index contributed by atoms with van der Waals surface area (Å²) < 4.78 is 19.6. The van der Waals surface area contributed by atoms with E-state index in [-0.39, 0.29) is 23.5 Å². The number of ketones is 2. The van der Waals surface area contributed by atoms with Gasteiger partial charge in [0.15, 0.2) is 0 Å². The Morgan fingerprint density at radius 2 is 0.808 bits per heavy atom. The number of aryl methyl sites for hydroxylation is 1. The third-order valence-electron chi connectivity index (χ3n) is 10.0. The number of unbranched alkanes of at least 4 members (excludes halogenated alkanes) is 14. The SMILES string of the molecule is C1CCOC1.CC(C)=O.CCC(C)=O.CCCCCC.CCCCCCC.CCCCN(CCCC)CCCC.CCCCOC(=O)CCCC.CCCCOCCCC.CCOC(C)=O.Cc1ccccc1. The summed E-state index contributed by atoms with van der Waals surface area (Å²) in [6.45, 7) is 45.0. The van der Waals surface area contributed by atoms with Crippen LogP contribution in [0.5, 0.6) is 0 Å². The first kappa shape index (κ1) is 87.1. The van der Waals surface area contributed by atoms with Crippen LogP contribution in [0.2, 0.25) is 0 Å². The third kappa shape index (κ3) is 129. The van der Waals surface area contributed by atoms with E-state index in [1.165, 1.54) is 181 Å². The molecule has 2 rings (SSSR count). The highest BCUT2D eigenvalue weighted by Crippen LogP contribution is 2.03. The molecule has 73 heavy (non-hydrogen) atoms. The molecule has 9 nitrogen and oxygen atoms in total. The molecule has 1 saturated heterocycles. The van der Waals surface area contributed by atoms with Crippen LogP contribution < -0.4 is 0 Å². The number of hydrogen-bond acceptors (Lipinski definition) is 9. The molecule has 0 atom stereocenters. The number of carbonyl (C=O) groups excluding carboxylic acids is 4. The van der Waals surface area contributed by atoms with Crippen molar-refractivity contribution in [1.82, 2.24) is 4.90 Å². The van der Waals surface area contributed by atoms with Crippen LogP contribution in [0, 0.1) is 6.92 Å². The summed E-state index contributed by atoms with van der Waals surface area (Å²) in [6.07, 6.45) is 33.4. The molecule has 1 aromatic carbocycles. The minimum absolute atomic E-state index is 0.0414. The Morgan fingerprint density at radius 1 is 0.466 bits per heavy atom. The Hall–Kier alpha value is -2.62. The molecule has 0 N–H and O–H groups in total. The molecule has 0 aromatic heterocycles. The Kier molecular flexibility index (Phi) is 106. The fraction of sp³-hybridized carbons (Fsp3) is 0.844. The van der Waals surface area contributed by atoms with E-state index in [4.69, 9.17) is 14.2 Å². The quantitative estimate of drug-likeness (QED) is 0.0550. The van der Waals surface area contributed by atoms with Gasteiger partial charge in [-0.05, 0) is 112 Å². The summed E-state index contributed by atoms with van der Waals surface area (Å²) >= 11 is 0. The molecule has 0 spiro atoms. The summed E-state index contributed by atoms with van der Waals surface area (Å²) in [4.78, 5) is 42.6. The van der Waals surface area contributed by atoms with Crippen molar-refractivity contribution in [2.45, 2.75) is 298 Å². The van der Waals surface area contributed by atoms with E-state index in [0.29, 0.717) is 26.1 Å². The third-order valence-corrected chi connectivity index (χ3v) is 10.0. The van der Waals surface area contributed by atoms with Gasteiger partial charge in [0, 0.05) is 46.2 Å². The molecular formula is C64H131NO8. The zero-order chi connectivity index (χ0) is 57.3. The van der Waals surface area contributed by atoms with Gasteiger partial charge >= 0.3 is 11.9 Å². The number of esters is 2. The highest BCUT2D eigenvalue weighted by atomic mass is 16.5. The van der Waals surface area contributed by atoms with E-state index in [1.807, 2.05) is 25.1 Å². The van der Waals surface area contributed by atoms with Crippen LogP contribution >= 0.6 is 0 Å². The van der Waals surface area contributed by atoms with Crippen LogP contribution in [0.3, 0.4) is 0 Å². The predicted octanol–water partition coefficient (Wildman–Crippen LogP) is 19.3. The van der Waals surface area contributed by atoms with Gasteiger partial charge in [-0.25, -0.2) is 0 Å². The van der Waals surface area contributed by atoms with Gasteiger partial charge in [0.25, 0.3) is 0 Å². The van der Waals surface area contributed by atoms with Crippen molar-refractivity contribution in [3.63, 3.8) is 0 Å². The van der Waals surface area contributed by atoms with Crippen molar-refractivity contribution in [2.24, 2.45) is 0 Å². The van der Waals surface area contributed by atoms with E-state index >= 15 is 0 Å². The second-order valence-corrected chi connectivity index (χ2v) is 18.5. The van der Waals surface area contributed by atoms with Crippen molar-refractivity contribution >= 4 is 23.5 Å². The molecule has 0 aliphatic carbocycles. The van der Waals surface area contributed by atoms with Crippen molar-refractivity contribution in [1.29, 1.82) is 0 Å². The summed E-state index contributed by atoms with van der Waals surface area (Å²) in [5.74, 6) is 0.169. The van der Waals surface area contributed by atoms with Crippen molar-refractivity contribution in [3.05, 3.63) is 35.9 Å². The van der Waals surface area contributed by atoms with Gasteiger partial charge in [-0.3, -0.25) is 9.59 Å². The van der Waals surface area contributed by atoms with E-state index in [1.54, 1.807) is 13.8 Å². The van der Waals surface area contributed by atoms with Gasteiger partial charge < -0.3 is 33.4 Å². The monoisotopic (exact) mass is 1040 g/mol. The van der Waals surface area contributed by atoms with Crippen molar-refractivity contribution in [3.8, 4) is 0 Å². The molecule has 440 valence electrons.